The maximum Gasteiger partial charge on any atom is 0.328 e. The molecule has 0 bridgehead atoms. The molecule has 0 radical (unpaired) electrons. The van der Waals surface area contributed by atoms with E-state index in [9.17, 15) is 50.4 Å². The zero-order valence-electron chi connectivity index (χ0n) is 52.8. The summed E-state index contributed by atoms with van der Waals surface area (Å²) in [6, 6.07) is 26.2. The van der Waals surface area contributed by atoms with E-state index in [-0.39, 0.29) is 64.5 Å². The number of hydrogen-bond donors (Lipinski definition) is 2. The van der Waals surface area contributed by atoms with Crippen molar-refractivity contribution < 1.29 is 59.1 Å². The van der Waals surface area contributed by atoms with Crippen LogP contribution >= 0.6 is 0 Å². The number of halogens is 9. The molecule has 0 amide bonds. The number of hydrogen-bond acceptors (Lipinski definition) is 6. The molecule has 2 saturated carbocycles. The second kappa shape index (κ2) is 28.9. The third kappa shape index (κ3) is 15.8. The number of allylic oxidation sites excluding steroid dienone is 9. The van der Waals surface area contributed by atoms with Crippen molar-refractivity contribution in [1.29, 1.82) is 0 Å². The number of nitrogens with zero attached hydrogens (tertiary/aromatic N) is 2. The van der Waals surface area contributed by atoms with Gasteiger partial charge in [0, 0.05) is 76.7 Å². The van der Waals surface area contributed by atoms with Gasteiger partial charge in [-0.2, -0.15) is 0 Å². The van der Waals surface area contributed by atoms with Gasteiger partial charge in [-0.15, -0.1) is 0 Å². The molecule has 8 nitrogen and oxygen atoms in total. The van der Waals surface area contributed by atoms with E-state index in [1.54, 1.807) is 42.5 Å². The molecular weight excluding hydrogens is 1220 g/mol. The van der Waals surface area contributed by atoms with Gasteiger partial charge in [0.25, 0.3) is 0 Å². The minimum atomic E-state index is -1.38. The first-order chi connectivity index (χ1) is 44.8. The molecule has 6 aromatic carbocycles. The van der Waals surface area contributed by atoms with E-state index in [2.05, 4.69) is 19.1 Å². The number of carbonyl (C=O) groups excluding carboxylic acids is 1. The maximum atomic E-state index is 15.4. The predicted octanol–water partition coefficient (Wildman–Crippen LogP) is 18.3. The Kier molecular flexibility index (Phi) is 21.0. The number of carboxylic acids is 1. The average molecular weight is 1290 g/mol. The second-order valence-electron chi connectivity index (χ2n) is 25.8. The Morgan fingerprint density at radius 1 is 0.660 bits per heavy atom. The first-order valence-corrected chi connectivity index (χ1v) is 31.8. The van der Waals surface area contributed by atoms with Crippen LogP contribution in [0, 0.1) is 56.8 Å². The van der Waals surface area contributed by atoms with Gasteiger partial charge in [0.2, 0.25) is 5.70 Å². The Morgan fingerprint density at radius 2 is 1.12 bits per heavy atom. The summed E-state index contributed by atoms with van der Waals surface area (Å²) in [4.78, 5) is 33.1. The van der Waals surface area contributed by atoms with E-state index < -0.39 is 39.9 Å². The highest BCUT2D eigenvalue weighted by Gasteiger charge is 2.50. The number of carboxylic acid groups (broad SMARTS) is 1. The molecule has 17 heteroatoms. The van der Waals surface area contributed by atoms with E-state index >= 15 is 8.78 Å². The summed E-state index contributed by atoms with van der Waals surface area (Å²) < 4.78 is 128. The smallest absolute Gasteiger partial charge is 0.328 e. The van der Waals surface area contributed by atoms with E-state index in [1.807, 2.05) is 49.1 Å². The number of nitro groups is 1. The number of aldehydes is 1. The SMILES string of the molecule is C/C(=C/C1=CCc2cccc(F)c21)[N+](=O)[O-].CC(CCC1(F)CC1)CC1=CCc2cccc(F)c21.CC(N)CC1=CCc2cccc(F)c21.C[C@@H]1CC2=C(Cc3cccc(F)c32)[C@@H](c2c(F)cc(/C=C/C(=O)O)cc2F)N1CC1(F)CC1.O=CC1=CCc2cccc(F)c21. The molecule has 0 aromatic heterocycles. The van der Waals surface area contributed by atoms with Crippen LogP contribution in [0.2, 0.25) is 0 Å². The van der Waals surface area contributed by atoms with E-state index in [1.165, 1.54) is 43.3 Å². The van der Waals surface area contributed by atoms with Gasteiger partial charge < -0.3 is 10.8 Å². The first-order valence-electron chi connectivity index (χ1n) is 31.8. The zero-order chi connectivity index (χ0) is 67.3. The largest absolute Gasteiger partial charge is 0.478 e. The van der Waals surface area contributed by atoms with E-state index in [0.29, 0.717) is 90.6 Å². The molecule has 0 saturated heterocycles. The molecule has 2 fully saturated rings. The Hall–Kier alpha value is -8.67. The van der Waals surface area contributed by atoms with Crippen molar-refractivity contribution in [3.8, 4) is 0 Å². The molecule has 2 unspecified atom stereocenters. The number of aliphatic carboxylic acids is 1. The summed E-state index contributed by atoms with van der Waals surface area (Å²) >= 11 is 0. The monoisotopic (exact) mass is 1290 g/mol. The molecular formula is C77H74F9N3O5. The predicted molar refractivity (Wildman–Crippen MR) is 350 cm³/mol. The summed E-state index contributed by atoms with van der Waals surface area (Å²) in [7, 11) is 0. The van der Waals surface area contributed by atoms with Gasteiger partial charge in [-0.3, -0.25) is 19.8 Å². The summed E-state index contributed by atoms with van der Waals surface area (Å²) in [5.74, 6) is -3.71. The van der Waals surface area contributed by atoms with Crippen LogP contribution in [0.25, 0.3) is 33.9 Å². The Labute approximate surface area is 541 Å². The van der Waals surface area contributed by atoms with Crippen molar-refractivity contribution in [2.45, 2.75) is 147 Å². The van der Waals surface area contributed by atoms with Gasteiger partial charge in [0.05, 0.1) is 11.0 Å². The fourth-order valence-corrected chi connectivity index (χ4v) is 13.5. The third-order valence-corrected chi connectivity index (χ3v) is 18.6. The molecule has 4 atom stereocenters. The highest BCUT2D eigenvalue weighted by atomic mass is 19.2. The minimum Gasteiger partial charge on any atom is -0.478 e. The number of rotatable bonds is 15. The summed E-state index contributed by atoms with van der Waals surface area (Å²) in [5, 5.41) is 19.3. The summed E-state index contributed by atoms with van der Waals surface area (Å²) in [5.41, 5.74) is 15.8. The molecule has 3 N–H and O–H groups in total. The van der Waals surface area contributed by atoms with Crippen molar-refractivity contribution in [2.75, 3.05) is 6.54 Å². The lowest BCUT2D eigenvalue weighted by Gasteiger charge is -2.43. The topological polar surface area (TPSA) is 127 Å². The molecule has 1 heterocycles. The number of nitrogens with two attached hydrogens (primary N) is 1. The molecule has 94 heavy (non-hydrogen) atoms. The van der Waals surface area contributed by atoms with Crippen molar-refractivity contribution in [3.05, 3.63) is 268 Å². The van der Waals surface area contributed by atoms with Crippen LogP contribution in [0.3, 0.4) is 0 Å². The highest BCUT2D eigenvalue weighted by molar-refractivity contribution is 6.09. The molecule has 1 aliphatic heterocycles. The minimum absolute atomic E-state index is 0.0161. The molecule has 14 rings (SSSR count). The lowest BCUT2D eigenvalue weighted by atomic mass is 9.84. The molecule has 490 valence electrons. The Bertz CT molecular complexity index is 4150. The molecule has 8 aliphatic rings. The van der Waals surface area contributed by atoms with Crippen LogP contribution in [0.15, 0.2) is 151 Å². The van der Waals surface area contributed by atoms with Crippen LogP contribution in [-0.2, 0) is 41.7 Å². The number of carbonyl (C=O) groups is 2. The van der Waals surface area contributed by atoms with Gasteiger partial charge in [-0.1, -0.05) is 91.9 Å². The van der Waals surface area contributed by atoms with Gasteiger partial charge in [-0.25, -0.2) is 44.3 Å². The van der Waals surface area contributed by atoms with Gasteiger partial charge >= 0.3 is 5.97 Å². The third-order valence-electron chi connectivity index (χ3n) is 18.6. The molecule has 6 aromatic rings. The van der Waals surface area contributed by atoms with Gasteiger partial charge in [0.15, 0.2) is 0 Å². The normalized spacial score (nSPS) is 19.2. The first kappa shape index (κ1) is 68.2. The summed E-state index contributed by atoms with van der Waals surface area (Å²) in [6.45, 7) is 7.42. The summed E-state index contributed by atoms with van der Waals surface area (Å²) in [6.07, 6.45) is 21.1. The Balaban J connectivity index is 0.000000136. The fourth-order valence-electron chi connectivity index (χ4n) is 13.5. The standard InChI is InChI=1S/C26H23F4NO2.C17H20F2.C12H10FNO2.C12H14FN.C10H7FO/c1-14-9-17-18(12-16-3-2-4-19(27)23(16)17)25(31(14)13-26(30)7-8-26)24-20(28)10-15(11-21(24)29)5-6-22(32)33;1-12(7-8-17(19)9-10-17)11-14-6-5-13-3-2-4-15(18)16(13)14;1-8(14(15)16)7-10-6-5-9-3-2-4-11(13)12(9)10;1-8(14)7-10-6-5-9-3-2-4-11(13)12(9)10;11-9-3-1-2-7-4-5-8(6-12)10(7)9/h2-6,10-11,14,25H,7-9,12-13H2,1H3,(H,32,33);2-4,6,12H,5,7-11H2,1H3;2-4,6-7H,5H2,1H3;2-4,6,8H,5,7,14H2,1H3;1-3,5-6H,4H2/b6-5+;;8-7-;;/t14-,25+;;;;/m1..../s1. The quantitative estimate of drug-likeness (QED) is 0.0345. The maximum absolute atomic E-state index is 15.4. The van der Waals surface area contributed by atoms with Crippen LogP contribution in [0.1, 0.15) is 158 Å². The number of fused-ring (bicyclic) bond motifs is 6. The Morgan fingerprint density at radius 3 is 1.61 bits per heavy atom. The van der Waals surface area contributed by atoms with Crippen molar-refractivity contribution in [3.63, 3.8) is 0 Å². The van der Waals surface area contributed by atoms with Gasteiger partial charge in [-0.05, 0) is 219 Å². The second-order valence-corrected chi connectivity index (χ2v) is 25.8. The molecule has 7 aliphatic carbocycles. The van der Waals surface area contributed by atoms with Crippen molar-refractivity contribution in [1.82, 2.24) is 4.90 Å². The van der Waals surface area contributed by atoms with E-state index in [0.717, 1.165) is 125 Å². The van der Waals surface area contributed by atoms with Crippen LogP contribution in [0.5, 0.6) is 0 Å². The van der Waals surface area contributed by atoms with E-state index in [4.69, 9.17) is 10.8 Å². The van der Waals surface area contributed by atoms with Crippen molar-refractivity contribution >= 4 is 46.2 Å². The fraction of sp³-hybridized carbons (Fsp3) is 0.325. The average Bonchev–Trinajstić information content (AvgIpc) is 1.45. The van der Waals surface area contributed by atoms with Crippen LogP contribution in [-0.4, -0.2) is 57.2 Å². The number of benzene rings is 6. The lowest BCUT2D eigenvalue weighted by Crippen LogP contribution is -2.45. The number of alkyl halides is 2. The lowest BCUT2D eigenvalue weighted by molar-refractivity contribution is -0.424. The molecule has 0 spiro atoms. The zero-order valence-corrected chi connectivity index (χ0v) is 52.8. The highest BCUT2D eigenvalue weighted by Crippen LogP contribution is 2.53. The van der Waals surface area contributed by atoms with Crippen LogP contribution < -0.4 is 5.73 Å². The van der Waals surface area contributed by atoms with Gasteiger partial charge in [0.1, 0.15) is 58.3 Å². The van der Waals surface area contributed by atoms with Crippen molar-refractivity contribution in [2.24, 2.45) is 11.7 Å². The van der Waals surface area contributed by atoms with Crippen LogP contribution in [0.4, 0.5) is 39.5 Å².